The third-order valence-corrected chi connectivity index (χ3v) is 4.63. The molecule has 1 aliphatic heterocycles. The van der Waals surface area contributed by atoms with Gasteiger partial charge in [-0.25, -0.2) is 4.98 Å². The molecule has 120 valence electrons. The number of carbonyl (C=O) groups excluding carboxylic acids is 2. The first-order chi connectivity index (χ1) is 11.7. The second-order valence-electron chi connectivity index (χ2n) is 5.39. The van der Waals surface area contributed by atoms with Gasteiger partial charge in [0, 0.05) is 0 Å². The number of fused-ring (bicyclic) bond motifs is 2. The summed E-state index contributed by atoms with van der Waals surface area (Å²) in [6.45, 7) is 0.0382. The summed E-state index contributed by atoms with van der Waals surface area (Å²) in [4.78, 5) is 33.5. The second kappa shape index (κ2) is 6.01. The van der Waals surface area contributed by atoms with E-state index in [2.05, 4.69) is 15.3 Å². The van der Waals surface area contributed by atoms with E-state index in [1.165, 1.54) is 16.7 Å². The third-order valence-electron chi connectivity index (χ3n) is 3.77. The Balaban J connectivity index is 1.51. The number of amides is 2. The average molecular weight is 338 g/mol. The quantitative estimate of drug-likeness (QED) is 0.720. The highest BCUT2D eigenvalue weighted by Crippen LogP contribution is 2.30. The molecule has 4 rings (SSSR count). The van der Waals surface area contributed by atoms with E-state index in [4.69, 9.17) is 0 Å². The fourth-order valence-electron chi connectivity index (χ4n) is 2.66. The van der Waals surface area contributed by atoms with Crippen LogP contribution in [-0.2, 0) is 9.59 Å². The van der Waals surface area contributed by atoms with Crippen LogP contribution < -0.4 is 10.2 Å². The number of imidazole rings is 1. The van der Waals surface area contributed by atoms with E-state index >= 15 is 0 Å². The highest BCUT2D eigenvalue weighted by atomic mass is 32.2. The van der Waals surface area contributed by atoms with Crippen LogP contribution >= 0.6 is 11.8 Å². The SMILES string of the molecule is O=C1CN(C(=O)CSc2nc3ccccc3[nH]2)c2ccccc2N1. The van der Waals surface area contributed by atoms with Crippen LogP contribution in [0.4, 0.5) is 11.4 Å². The van der Waals surface area contributed by atoms with E-state index in [1.807, 2.05) is 42.5 Å². The number of rotatable bonds is 3. The lowest BCUT2D eigenvalue weighted by Gasteiger charge is -2.28. The van der Waals surface area contributed by atoms with Crippen LogP contribution in [0.25, 0.3) is 11.0 Å². The Morgan fingerprint density at radius 3 is 2.83 bits per heavy atom. The molecule has 1 aromatic heterocycles. The molecule has 0 spiro atoms. The second-order valence-corrected chi connectivity index (χ2v) is 6.36. The molecule has 1 aliphatic rings. The highest BCUT2D eigenvalue weighted by molar-refractivity contribution is 7.99. The summed E-state index contributed by atoms with van der Waals surface area (Å²) >= 11 is 1.33. The highest BCUT2D eigenvalue weighted by Gasteiger charge is 2.26. The first-order valence-electron chi connectivity index (χ1n) is 7.47. The van der Waals surface area contributed by atoms with Gasteiger partial charge in [-0.15, -0.1) is 0 Å². The number of carbonyl (C=O) groups is 2. The Labute approximate surface area is 142 Å². The molecular formula is C17H14N4O2S. The van der Waals surface area contributed by atoms with E-state index in [-0.39, 0.29) is 24.1 Å². The normalized spacial score (nSPS) is 13.7. The summed E-state index contributed by atoms with van der Waals surface area (Å²) in [5.74, 6) is -0.0971. The summed E-state index contributed by atoms with van der Waals surface area (Å²) < 4.78 is 0. The summed E-state index contributed by atoms with van der Waals surface area (Å²) in [7, 11) is 0. The lowest BCUT2D eigenvalue weighted by Crippen LogP contribution is -2.43. The molecule has 2 N–H and O–H groups in total. The molecule has 2 amide bonds. The number of para-hydroxylation sites is 4. The van der Waals surface area contributed by atoms with Crippen molar-refractivity contribution in [1.82, 2.24) is 9.97 Å². The van der Waals surface area contributed by atoms with Crippen LogP contribution in [0.15, 0.2) is 53.7 Å². The number of H-pyrrole nitrogens is 1. The van der Waals surface area contributed by atoms with Crippen LogP contribution in [0.3, 0.4) is 0 Å². The van der Waals surface area contributed by atoms with Crippen molar-refractivity contribution in [3.8, 4) is 0 Å². The summed E-state index contributed by atoms with van der Waals surface area (Å²) in [6, 6.07) is 15.0. The minimum Gasteiger partial charge on any atom is -0.333 e. The van der Waals surface area contributed by atoms with Crippen LogP contribution in [0.2, 0.25) is 0 Å². The zero-order valence-electron chi connectivity index (χ0n) is 12.7. The van der Waals surface area contributed by atoms with Gasteiger partial charge >= 0.3 is 0 Å². The Morgan fingerprint density at radius 2 is 1.96 bits per heavy atom. The lowest BCUT2D eigenvalue weighted by molar-refractivity contribution is -0.120. The molecule has 0 aliphatic carbocycles. The van der Waals surface area contributed by atoms with E-state index in [1.54, 1.807) is 6.07 Å². The van der Waals surface area contributed by atoms with Gasteiger partial charge in [0.05, 0.1) is 28.2 Å². The molecule has 0 atom stereocenters. The Morgan fingerprint density at radius 1 is 1.17 bits per heavy atom. The number of benzene rings is 2. The van der Waals surface area contributed by atoms with Gasteiger partial charge in [0.25, 0.3) is 0 Å². The van der Waals surface area contributed by atoms with Gasteiger partial charge in [-0.05, 0) is 24.3 Å². The Hall–Kier alpha value is -2.80. The van der Waals surface area contributed by atoms with Crippen molar-refractivity contribution in [3.63, 3.8) is 0 Å². The molecular weight excluding hydrogens is 324 g/mol. The fraction of sp³-hybridized carbons (Fsp3) is 0.118. The van der Waals surface area contributed by atoms with E-state index in [0.717, 1.165) is 16.7 Å². The molecule has 2 aromatic carbocycles. The van der Waals surface area contributed by atoms with Gasteiger partial charge in [-0.1, -0.05) is 36.0 Å². The van der Waals surface area contributed by atoms with Gasteiger partial charge in [0.1, 0.15) is 6.54 Å². The average Bonchev–Trinajstić information content (AvgIpc) is 3.02. The van der Waals surface area contributed by atoms with E-state index in [0.29, 0.717) is 10.8 Å². The molecule has 0 unspecified atom stereocenters. The molecule has 0 fully saturated rings. The van der Waals surface area contributed by atoms with Gasteiger partial charge in [-0.2, -0.15) is 0 Å². The number of hydrogen-bond acceptors (Lipinski definition) is 4. The first-order valence-corrected chi connectivity index (χ1v) is 8.46. The maximum Gasteiger partial charge on any atom is 0.244 e. The van der Waals surface area contributed by atoms with Crippen molar-refractivity contribution >= 4 is 46.0 Å². The summed E-state index contributed by atoms with van der Waals surface area (Å²) in [5.41, 5.74) is 3.20. The number of nitrogens with zero attached hydrogens (tertiary/aromatic N) is 2. The number of nitrogens with one attached hydrogen (secondary N) is 2. The minimum atomic E-state index is -0.184. The fourth-order valence-corrected chi connectivity index (χ4v) is 3.42. The minimum absolute atomic E-state index is 0.0382. The number of hydrogen-bond donors (Lipinski definition) is 2. The molecule has 24 heavy (non-hydrogen) atoms. The van der Waals surface area contributed by atoms with Crippen LogP contribution in [0.1, 0.15) is 0 Å². The van der Waals surface area contributed by atoms with Crippen LogP contribution in [0, 0.1) is 0 Å². The predicted octanol–water partition coefficient (Wildman–Crippen LogP) is 2.64. The van der Waals surface area contributed by atoms with Crippen molar-refractivity contribution in [2.24, 2.45) is 0 Å². The molecule has 7 heteroatoms. The zero-order valence-corrected chi connectivity index (χ0v) is 13.5. The van der Waals surface area contributed by atoms with Crippen molar-refractivity contribution < 1.29 is 9.59 Å². The molecule has 0 radical (unpaired) electrons. The maximum absolute atomic E-state index is 12.6. The maximum atomic E-state index is 12.6. The van der Waals surface area contributed by atoms with E-state index < -0.39 is 0 Å². The van der Waals surface area contributed by atoms with Gasteiger partial charge in [0.15, 0.2) is 5.16 Å². The largest absolute Gasteiger partial charge is 0.333 e. The smallest absolute Gasteiger partial charge is 0.244 e. The van der Waals surface area contributed by atoms with Crippen molar-refractivity contribution in [2.45, 2.75) is 5.16 Å². The summed E-state index contributed by atoms with van der Waals surface area (Å²) in [5, 5.41) is 3.47. The molecule has 6 nitrogen and oxygen atoms in total. The molecule has 0 saturated carbocycles. The molecule has 3 aromatic rings. The Bertz CT molecular complexity index is 904. The summed E-state index contributed by atoms with van der Waals surface area (Å²) in [6.07, 6.45) is 0. The Kier molecular flexibility index (Phi) is 3.70. The third kappa shape index (κ3) is 2.74. The topological polar surface area (TPSA) is 78.1 Å². The molecule has 2 heterocycles. The zero-order chi connectivity index (χ0) is 16.5. The molecule has 0 bridgehead atoms. The standard InChI is InChI=1S/C17H14N4O2S/c22-15-9-21(14-8-4-3-7-13(14)18-15)16(23)10-24-17-19-11-5-1-2-6-12(11)20-17/h1-8H,9-10H2,(H,18,22)(H,19,20). The number of thioether (sulfide) groups is 1. The number of anilines is 2. The van der Waals surface area contributed by atoms with Crippen molar-refractivity contribution in [3.05, 3.63) is 48.5 Å². The lowest BCUT2D eigenvalue weighted by atomic mass is 10.2. The van der Waals surface area contributed by atoms with Gasteiger partial charge in [0.2, 0.25) is 11.8 Å². The van der Waals surface area contributed by atoms with Crippen LogP contribution in [-0.4, -0.2) is 34.1 Å². The van der Waals surface area contributed by atoms with Gasteiger partial charge in [-0.3, -0.25) is 9.59 Å². The van der Waals surface area contributed by atoms with E-state index in [9.17, 15) is 9.59 Å². The van der Waals surface area contributed by atoms with Crippen LogP contribution in [0.5, 0.6) is 0 Å². The van der Waals surface area contributed by atoms with Gasteiger partial charge < -0.3 is 15.2 Å². The first kappa shape index (κ1) is 14.8. The van der Waals surface area contributed by atoms with Crippen molar-refractivity contribution in [1.29, 1.82) is 0 Å². The number of aromatic nitrogens is 2. The number of aromatic amines is 1. The predicted molar refractivity (Wildman–Crippen MR) is 94.2 cm³/mol. The molecule has 0 saturated heterocycles. The van der Waals surface area contributed by atoms with Crippen molar-refractivity contribution in [2.75, 3.05) is 22.5 Å². The monoisotopic (exact) mass is 338 g/mol.